The Bertz CT molecular complexity index is 1110. The Morgan fingerprint density at radius 2 is 1.90 bits per heavy atom. The van der Waals surface area contributed by atoms with Gasteiger partial charge in [-0.15, -0.1) is 0 Å². The van der Waals surface area contributed by atoms with Gasteiger partial charge in [0.25, 0.3) is 5.56 Å². The minimum absolute atomic E-state index is 0.195. The molecule has 0 radical (unpaired) electrons. The number of aryl methyl sites for hydroxylation is 2. The summed E-state index contributed by atoms with van der Waals surface area (Å²) in [6, 6.07) is 10.0. The number of nitrogens with one attached hydrogen (secondary N) is 2. The van der Waals surface area contributed by atoms with Gasteiger partial charge in [0.05, 0.1) is 28.4 Å². The van der Waals surface area contributed by atoms with Crippen LogP contribution in [0, 0.1) is 13.8 Å². The minimum atomic E-state index is -0.195. The normalized spacial score (nSPS) is 16.7. The number of nitrogen functional groups attached to an aromatic ring is 1. The van der Waals surface area contributed by atoms with Gasteiger partial charge < -0.3 is 20.8 Å². The van der Waals surface area contributed by atoms with Gasteiger partial charge in [-0.25, -0.2) is 0 Å². The van der Waals surface area contributed by atoms with Crippen LogP contribution in [0.15, 0.2) is 35.1 Å². The number of aromatic nitrogens is 1. The van der Waals surface area contributed by atoms with Gasteiger partial charge in [0.15, 0.2) is 0 Å². The lowest BCUT2D eigenvalue weighted by molar-refractivity contribution is 0.271. The number of fused-ring (bicyclic) bond motifs is 1. The van der Waals surface area contributed by atoms with Crippen LogP contribution in [0.4, 0.5) is 5.69 Å². The number of aromatic amines is 1. The van der Waals surface area contributed by atoms with Crippen molar-refractivity contribution >= 4 is 28.2 Å². The van der Waals surface area contributed by atoms with E-state index in [1.54, 1.807) is 12.1 Å². The molecule has 0 unspecified atom stereocenters. The van der Waals surface area contributed by atoms with Crippen LogP contribution in [0.25, 0.3) is 22.0 Å². The van der Waals surface area contributed by atoms with Crippen molar-refractivity contribution in [3.05, 3.63) is 56.8 Å². The van der Waals surface area contributed by atoms with Crippen molar-refractivity contribution in [3.63, 3.8) is 0 Å². The van der Waals surface area contributed by atoms with Crippen LogP contribution >= 0.6 is 11.6 Å². The topological polar surface area (TPSA) is 80.1 Å². The number of benzene rings is 2. The van der Waals surface area contributed by atoms with Crippen molar-refractivity contribution in [3.8, 4) is 16.9 Å². The van der Waals surface area contributed by atoms with E-state index in [2.05, 4.69) is 16.4 Å². The van der Waals surface area contributed by atoms with Crippen molar-refractivity contribution < 1.29 is 4.74 Å². The molecule has 2 aromatic carbocycles. The maximum atomic E-state index is 13.1. The van der Waals surface area contributed by atoms with E-state index in [9.17, 15) is 4.79 Å². The largest absolute Gasteiger partial charge is 0.492 e. The van der Waals surface area contributed by atoms with Crippen LogP contribution in [0.2, 0.25) is 5.02 Å². The second kappa shape index (κ2) is 8.70. The Morgan fingerprint density at radius 1 is 1.13 bits per heavy atom. The molecule has 1 aliphatic rings. The van der Waals surface area contributed by atoms with E-state index in [0.717, 1.165) is 41.5 Å². The molecular formula is C24H28ClN3O2. The number of piperidine rings is 1. The third kappa shape index (κ3) is 4.32. The summed E-state index contributed by atoms with van der Waals surface area (Å²) in [6.07, 6.45) is 4.52. The number of hydrogen-bond donors (Lipinski definition) is 3. The molecule has 0 amide bonds. The van der Waals surface area contributed by atoms with E-state index in [4.69, 9.17) is 22.1 Å². The molecule has 1 atom stereocenters. The molecule has 5 nitrogen and oxygen atoms in total. The van der Waals surface area contributed by atoms with Gasteiger partial charge in [-0.3, -0.25) is 4.79 Å². The van der Waals surface area contributed by atoms with Crippen molar-refractivity contribution in [2.75, 3.05) is 18.9 Å². The first-order valence-corrected chi connectivity index (χ1v) is 10.9. The summed E-state index contributed by atoms with van der Waals surface area (Å²) in [7, 11) is 0. The standard InChI is InChI=1S/C24H28ClN3O2/c1-14-9-15(2)11-16(10-14)22-23(30-8-6-17-5-3-4-7-27-17)18-12-20(26)19(25)13-21(18)28-24(22)29/h9-13,17,27H,3-8,26H2,1-2H3,(H,28,29)/t17-/m0/s1. The highest BCUT2D eigenvalue weighted by molar-refractivity contribution is 6.34. The molecule has 1 aromatic heterocycles. The maximum absolute atomic E-state index is 13.1. The molecule has 3 aromatic rings. The fraction of sp³-hybridized carbons (Fsp3) is 0.375. The van der Waals surface area contributed by atoms with Gasteiger partial charge >= 0.3 is 0 Å². The van der Waals surface area contributed by atoms with Crippen LogP contribution in [0.1, 0.15) is 36.8 Å². The third-order valence-corrected chi connectivity index (χ3v) is 6.05. The van der Waals surface area contributed by atoms with E-state index in [-0.39, 0.29) is 5.56 Å². The summed E-state index contributed by atoms with van der Waals surface area (Å²) in [6.45, 7) is 5.63. The lowest BCUT2D eigenvalue weighted by Gasteiger charge is -2.24. The van der Waals surface area contributed by atoms with Crippen LogP contribution in [-0.2, 0) is 0 Å². The number of pyridine rings is 1. The molecule has 1 saturated heterocycles. The lowest BCUT2D eigenvalue weighted by Crippen LogP contribution is -2.35. The number of H-pyrrole nitrogens is 1. The molecular weight excluding hydrogens is 398 g/mol. The number of nitrogens with two attached hydrogens (primary N) is 1. The van der Waals surface area contributed by atoms with Gasteiger partial charge in [-0.1, -0.05) is 47.3 Å². The second-order valence-electron chi connectivity index (χ2n) is 8.24. The van der Waals surface area contributed by atoms with E-state index < -0.39 is 0 Å². The zero-order valence-corrected chi connectivity index (χ0v) is 18.2. The van der Waals surface area contributed by atoms with Crippen LogP contribution in [-0.4, -0.2) is 24.2 Å². The van der Waals surface area contributed by atoms with Gasteiger partial charge in [-0.05, 0) is 57.4 Å². The van der Waals surface area contributed by atoms with Crippen molar-refractivity contribution in [1.82, 2.24) is 10.3 Å². The molecule has 0 bridgehead atoms. The molecule has 1 fully saturated rings. The van der Waals surface area contributed by atoms with E-state index >= 15 is 0 Å². The Hall–Kier alpha value is -2.50. The average Bonchev–Trinajstić information content (AvgIpc) is 2.69. The minimum Gasteiger partial charge on any atom is -0.492 e. The molecule has 0 spiro atoms. The lowest BCUT2D eigenvalue weighted by atomic mass is 9.99. The fourth-order valence-electron chi connectivity index (χ4n) is 4.31. The van der Waals surface area contributed by atoms with Gasteiger partial charge in [0, 0.05) is 11.4 Å². The second-order valence-corrected chi connectivity index (χ2v) is 8.65. The molecule has 30 heavy (non-hydrogen) atoms. The highest BCUT2D eigenvalue weighted by atomic mass is 35.5. The molecule has 1 aliphatic heterocycles. The molecule has 2 heterocycles. The van der Waals surface area contributed by atoms with Gasteiger partial charge in [-0.2, -0.15) is 0 Å². The highest BCUT2D eigenvalue weighted by Gasteiger charge is 2.19. The van der Waals surface area contributed by atoms with E-state index in [0.29, 0.717) is 40.2 Å². The number of ether oxygens (including phenoxy) is 1. The van der Waals surface area contributed by atoms with Crippen LogP contribution in [0.5, 0.6) is 5.75 Å². The summed E-state index contributed by atoms with van der Waals surface area (Å²) in [5, 5.41) is 4.72. The first-order valence-electron chi connectivity index (χ1n) is 10.5. The van der Waals surface area contributed by atoms with Crippen LogP contribution in [0.3, 0.4) is 0 Å². The Morgan fingerprint density at radius 3 is 2.60 bits per heavy atom. The zero-order valence-electron chi connectivity index (χ0n) is 17.5. The van der Waals surface area contributed by atoms with Crippen molar-refractivity contribution in [2.45, 2.75) is 45.6 Å². The summed E-state index contributed by atoms with van der Waals surface area (Å²) in [5.41, 5.74) is 10.5. The Kier molecular flexibility index (Phi) is 6.02. The van der Waals surface area contributed by atoms with Gasteiger partial charge in [0.1, 0.15) is 5.75 Å². The molecule has 0 saturated carbocycles. The molecule has 6 heteroatoms. The molecule has 4 rings (SSSR count). The maximum Gasteiger partial charge on any atom is 0.260 e. The summed E-state index contributed by atoms with van der Waals surface area (Å²) < 4.78 is 6.30. The van der Waals surface area contributed by atoms with E-state index in [1.165, 1.54) is 12.8 Å². The summed E-state index contributed by atoms with van der Waals surface area (Å²) in [5.74, 6) is 0.568. The fourth-order valence-corrected chi connectivity index (χ4v) is 4.47. The Labute approximate surface area is 181 Å². The molecule has 158 valence electrons. The molecule has 4 N–H and O–H groups in total. The number of hydrogen-bond acceptors (Lipinski definition) is 4. The third-order valence-electron chi connectivity index (χ3n) is 5.72. The first-order chi connectivity index (χ1) is 14.4. The highest BCUT2D eigenvalue weighted by Crippen LogP contribution is 2.37. The number of rotatable bonds is 5. The van der Waals surface area contributed by atoms with E-state index in [1.807, 2.05) is 26.0 Å². The predicted molar refractivity (Wildman–Crippen MR) is 125 cm³/mol. The average molecular weight is 426 g/mol. The SMILES string of the molecule is Cc1cc(C)cc(-c2c(OCC[C@@H]3CCCCN3)c3cc(N)c(Cl)cc3[nH]c2=O)c1. The zero-order chi connectivity index (χ0) is 21.3. The Balaban J connectivity index is 1.80. The summed E-state index contributed by atoms with van der Waals surface area (Å²) >= 11 is 6.20. The predicted octanol–water partition coefficient (Wildman–Crippen LogP) is 4.96. The van der Waals surface area contributed by atoms with Crippen LogP contribution < -0.4 is 21.3 Å². The summed E-state index contributed by atoms with van der Waals surface area (Å²) in [4.78, 5) is 16.1. The monoisotopic (exact) mass is 425 g/mol. The molecule has 0 aliphatic carbocycles. The smallest absolute Gasteiger partial charge is 0.260 e. The number of anilines is 1. The number of halogens is 1. The first kappa shape index (κ1) is 20.8. The van der Waals surface area contributed by atoms with Gasteiger partial charge in [0.2, 0.25) is 0 Å². The van der Waals surface area contributed by atoms with Crippen molar-refractivity contribution in [1.29, 1.82) is 0 Å². The van der Waals surface area contributed by atoms with Crippen molar-refractivity contribution in [2.24, 2.45) is 0 Å². The quantitative estimate of drug-likeness (QED) is 0.505.